The van der Waals surface area contributed by atoms with Crippen molar-refractivity contribution in [2.24, 2.45) is 5.92 Å². The molecule has 3 heterocycles. The minimum Gasteiger partial charge on any atom is -0.372 e. The van der Waals surface area contributed by atoms with Crippen molar-refractivity contribution in [2.45, 2.75) is 51.1 Å². The Hall–Kier alpha value is -2.94. The molecular weight excluding hydrogens is 502 g/mol. The standard InChI is InChI=1S/C29H31N3O3S2/c1-19(2)23-16-22-24(17-35-23)37-27-26(22)28(34)32(15-14-20-10-6-4-7-11-20)29(30-27)36-18-25(33)31(3)21-12-8-5-9-13-21/h4-13,19,23H,14-18H2,1-3H3. The summed E-state index contributed by atoms with van der Waals surface area (Å²) in [7, 11) is 1.77. The molecule has 2 aromatic heterocycles. The molecule has 0 saturated heterocycles. The Morgan fingerprint density at radius 2 is 1.86 bits per heavy atom. The SMILES string of the molecule is CC(C)C1Cc2c(sc3nc(SCC(=O)N(C)c4ccccc4)n(CCc4ccccc4)c(=O)c23)CO1. The zero-order valence-corrected chi connectivity index (χ0v) is 23.0. The van der Waals surface area contributed by atoms with Crippen LogP contribution in [-0.2, 0) is 35.5 Å². The fourth-order valence-electron chi connectivity index (χ4n) is 4.58. The Kier molecular flexibility index (Phi) is 7.79. The first-order valence-electron chi connectivity index (χ1n) is 12.6. The van der Waals surface area contributed by atoms with E-state index in [1.807, 2.05) is 48.5 Å². The number of ether oxygens (including phenoxy) is 1. The lowest BCUT2D eigenvalue weighted by atomic mass is 9.96. The topological polar surface area (TPSA) is 64.4 Å². The van der Waals surface area contributed by atoms with Gasteiger partial charge in [0.05, 0.1) is 23.8 Å². The maximum atomic E-state index is 14.0. The van der Waals surface area contributed by atoms with Crippen LogP contribution in [0.15, 0.2) is 70.6 Å². The molecule has 0 spiro atoms. The van der Waals surface area contributed by atoms with E-state index in [0.717, 1.165) is 38.3 Å². The Balaban J connectivity index is 1.48. The van der Waals surface area contributed by atoms with Gasteiger partial charge in [0.25, 0.3) is 5.56 Å². The number of benzene rings is 2. The fourth-order valence-corrected chi connectivity index (χ4v) is 6.68. The maximum absolute atomic E-state index is 14.0. The molecule has 0 bridgehead atoms. The molecule has 8 heteroatoms. The number of fused-ring (bicyclic) bond motifs is 3. The summed E-state index contributed by atoms with van der Waals surface area (Å²) in [5, 5.41) is 1.31. The number of aryl methyl sites for hydroxylation is 1. The largest absolute Gasteiger partial charge is 0.372 e. The van der Waals surface area contributed by atoms with Crippen LogP contribution in [0.3, 0.4) is 0 Å². The van der Waals surface area contributed by atoms with Gasteiger partial charge in [-0.15, -0.1) is 11.3 Å². The number of nitrogens with zero attached hydrogens (tertiary/aromatic N) is 3. The molecule has 0 N–H and O–H groups in total. The van der Waals surface area contributed by atoms with Gasteiger partial charge in [-0.1, -0.05) is 74.1 Å². The number of carbonyl (C=O) groups is 1. The van der Waals surface area contributed by atoms with Gasteiger partial charge in [0.2, 0.25) is 5.91 Å². The lowest BCUT2D eigenvalue weighted by molar-refractivity contribution is -0.115. The molecule has 1 atom stereocenters. The first-order valence-corrected chi connectivity index (χ1v) is 14.4. The summed E-state index contributed by atoms with van der Waals surface area (Å²) in [5.41, 5.74) is 3.07. The summed E-state index contributed by atoms with van der Waals surface area (Å²) >= 11 is 2.87. The summed E-state index contributed by atoms with van der Waals surface area (Å²) in [6, 6.07) is 19.7. The maximum Gasteiger partial charge on any atom is 0.263 e. The van der Waals surface area contributed by atoms with Gasteiger partial charge in [-0.25, -0.2) is 4.98 Å². The van der Waals surface area contributed by atoms with Crippen molar-refractivity contribution < 1.29 is 9.53 Å². The van der Waals surface area contributed by atoms with Crippen molar-refractivity contribution in [2.75, 3.05) is 17.7 Å². The normalized spacial score (nSPS) is 15.2. The van der Waals surface area contributed by atoms with Crippen LogP contribution in [0.5, 0.6) is 0 Å². The smallest absolute Gasteiger partial charge is 0.263 e. The number of hydrogen-bond donors (Lipinski definition) is 0. The van der Waals surface area contributed by atoms with Crippen LogP contribution in [0.2, 0.25) is 0 Å². The van der Waals surface area contributed by atoms with Gasteiger partial charge in [-0.2, -0.15) is 0 Å². The van der Waals surface area contributed by atoms with E-state index in [2.05, 4.69) is 26.0 Å². The van der Waals surface area contributed by atoms with E-state index in [1.165, 1.54) is 11.8 Å². The Morgan fingerprint density at radius 1 is 1.16 bits per heavy atom. The number of rotatable bonds is 8. The molecule has 0 saturated carbocycles. The van der Waals surface area contributed by atoms with Gasteiger partial charge in [0.15, 0.2) is 5.16 Å². The van der Waals surface area contributed by atoms with Gasteiger partial charge in [0.1, 0.15) is 4.83 Å². The highest BCUT2D eigenvalue weighted by Gasteiger charge is 2.28. The van der Waals surface area contributed by atoms with Crippen molar-refractivity contribution in [1.29, 1.82) is 0 Å². The molecule has 1 amide bonds. The van der Waals surface area contributed by atoms with Crippen molar-refractivity contribution in [3.05, 3.63) is 87.0 Å². The number of anilines is 1. The van der Waals surface area contributed by atoms with Crippen LogP contribution in [0.25, 0.3) is 10.2 Å². The average molecular weight is 534 g/mol. The Labute approximate surface area is 225 Å². The van der Waals surface area contributed by atoms with Crippen molar-refractivity contribution >= 4 is 44.9 Å². The van der Waals surface area contributed by atoms with Gasteiger partial charge >= 0.3 is 0 Å². The van der Waals surface area contributed by atoms with E-state index in [-0.39, 0.29) is 23.3 Å². The molecule has 1 aliphatic heterocycles. The van der Waals surface area contributed by atoms with E-state index in [1.54, 1.807) is 27.9 Å². The van der Waals surface area contributed by atoms with Gasteiger partial charge < -0.3 is 9.64 Å². The summed E-state index contributed by atoms with van der Waals surface area (Å²) in [5.74, 6) is 0.524. The Bertz CT molecular complexity index is 1450. The first-order chi connectivity index (χ1) is 17.9. The predicted molar refractivity (Wildman–Crippen MR) is 152 cm³/mol. The highest BCUT2D eigenvalue weighted by atomic mass is 32.2. The van der Waals surface area contributed by atoms with Crippen LogP contribution in [0.1, 0.15) is 29.9 Å². The van der Waals surface area contributed by atoms with Crippen molar-refractivity contribution in [3.63, 3.8) is 0 Å². The number of para-hydroxylation sites is 1. The number of thioether (sulfide) groups is 1. The number of thiophene rings is 1. The number of aromatic nitrogens is 2. The molecule has 192 valence electrons. The molecule has 2 aromatic carbocycles. The van der Waals surface area contributed by atoms with Crippen LogP contribution in [0.4, 0.5) is 5.69 Å². The third-order valence-electron chi connectivity index (χ3n) is 6.85. The van der Waals surface area contributed by atoms with Crippen molar-refractivity contribution in [1.82, 2.24) is 9.55 Å². The van der Waals surface area contributed by atoms with Crippen LogP contribution in [-0.4, -0.2) is 34.4 Å². The minimum absolute atomic E-state index is 0.0193. The van der Waals surface area contributed by atoms with Crippen LogP contribution in [0, 0.1) is 5.92 Å². The first kappa shape index (κ1) is 25.7. The molecular formula is C29H31N3O3S2. The average Bonchev–Trinajstić information content (AvgIpc) is 3.29. The molecule has 5 rings (SSSR count). The highest BCUT2D eigenvalue weighted by molar-refractivity contribution is 7.99. The molecule has 0 fully saturated rings. The zero-order chi connectivity index (χ0) is 25.9. The lowest BCUT2D eigenvalue weighted by Crippen LogP contribution is -2.30. The molecule has 4 aromatic rings. The minimum atomic E-state index is -0.0428. The van der Waals surface area contributed by atoms with Gasteiger partial charge in [0, 0.05) is 30.6 Å². The van der Waals surface area contributed by atoms with Gasteiger partial charge in [-0.05, 0) is 35.6 Å². The van der Waals surface area contributed by atoms with Crippen LogP contribution >= 0.6 is 23.1 Å². The molecule has 1 aliphatic rings. The molecule has 0 radical (unpaired) electrons. The second-order valence-electron chi connectivity index (χ2n) is 9.65. The number of amides is 1. The summed E-state index contributed by atoms with van der Waals surface area (Å²) in [6.07, 6.45) is 1.54. The van der Waals surface area contributed by atoms with Gasteiger partial charge in [-0.3, -0.25) is 14.2 Å². The van der Waals surface area contributed by atoms with Crippen LogP contribution < -0.4 is 10.5 Å². The quantitative estimate of drug-likeness (QED) is 0.219. The predicted octanol–water partition coefficient (Wildman–Crippen LogP) is 5.55. The molecule has 37 heavy (non-hydrogen) atoms. The van der Waals surface area contributed by atoms with E-state index in [0.29, 0.717) is 30.6 Å². The lowest BCUT2D eigenvalue weighted by Gasteiger charge is -2.26. The van der Waals surface area contributed by atoms with E-state index in [4.69, 9.17) is 9.72 Å². The van der Waals surface area contributed by atoms with Crippen molar-refractivity contribution in [3.8, 4) is 0 Å². The fraction of sp³-hybridized carbons (Fsp3) is 0.345. The monoisotopic (exact) mass is 533 g/mol. The second-order valence-corrected chi connectivity index (χ2v) is 11.7. The Morgan fingerprint density at radius 3 is 2.57 bits per heavy atom. The third-order valence-corrected chi connectivity index (χ3v) is 8.91. The van der Waals surface area contributed by atoms with E-state index >= 15 is 0 Å². The summed E-state index contributed by atoms with van der Waals surface area (Å²) in [4.78, 5) is 35.4. The van der Waals surface area contributed by atoms with E-state index in [9.17, 15) is 9.59 Å². The molecule has 0 aliphatic carbocycles. The molecule has 6 nitrogen and oxygen atoms in total. The number of hydrogen-bond acceptors (Lipinski definition) is 6. The second kappa shape index (κ2) is 11.2. The number of carbonyl (C=O) groups excluding carboxylic acids is 1. The summed E-state index contributed by atoms with van der Waals surface area (Å²) < 4.78 is 7.83. The van der Waals surface area contributed by atoms with E-state index < -0.39 is 0 Å². The highest BCUT2D eigenvalue weighted by Crippen LogP contribution is 2.36. The summed E-state index contributed by atoms with van der Waals surface area (Å²) in [6.45, 7) is 5.33. The molecule has 1 unspecified atom stereocenters. The third kappa shape index (κ3) is 5.51. The zero-order valence-electron chi connectivity index (χ0n) is 21.3.